The first-order chi connectivity index (χ1) is 15.6. The molecule has 0 saturated carbocycles. The van der Waals surface area contributed by atoms with Gasteiger partial charge in [-0.1, -0.05) is 60.1 Å². The average molecular weight is 443 g/mol. The lowest BCUT2D eigenvalue weighted by molar-refractivity contribution is -0.121. The number of halogens is 1. The minimum Gasteiger partial charge on any atom is -0.457 e. The van der Waals surface area contributed by atoms with Crippen LogP contribution in [-0.2, 0) is 4.79 Å². The van der Waals surface area contributed by atoms with Crippen molar-refractivity contribution in [2.75, 3.05) is 0 Å². The van der Waals surface area contributed by atoms with Crippen LogP contribution >= 0.6 is 11.6 Å². The molecule has 0 spiro atoms. The van der Waals surface area contributed by atoms with E-state index >= 15 is 0 Å². The van der Waals surface area contributed by atoms with Crippen molar-refractivity contribution in [1.82, 2.24) is 5.43 Å². The lowest BCUT2D eigenvalue weighted by atomic mass is 9.87. The fraction of sp³-hybridized carbons (Fsp3) is 0.0769. The third-order valence-corrected chi connectivity index (χ3v) is 5.80. The predicted octanol–water partition coefficient (Wildman–Crippen LogP) is 6.30. The molecular formula is C26H19ClN2O3. The molecule has 5 rings (SSSR count). The smallest absolute Gasteiger partial charge is 0.252 e. The fourth-order valence-corrected chi connectivity index (χ4v) is 3.92. The number of hydrazone groups is 1. The molecule has 0 atom stereocenters. The standard InChI is InChI=1S/C26H19ClN2O3/c1-16-10-11-17(14-21(16)27)22-13-12-18(31-22)15-28-29-26(30)25-19-6-2-4-8-23(19)32-24-9-5-3-7-20(24)25/h2-15,25H,1H3,(H,29,30)/b28-15+. The highest BCUT2D eigenvalue weighted by atomic mass is 35.5. The highest BCUT2D eigenvalue weighted by Gasteiger charge is 2.32. The van der Waals surface area contributed by atoms with Gasteiger partial charge in [-0.3, -0.25) is 4.79 Å². The Labute approximate surface area is 190 Å². The summed E-state index contributed by atoms with van der Waals surface area (Å²) in [7, 11) is 0. The molecule has 0 saturated heterocycles. The average Bonchev–Trinajstić information content (AvgIpc) is 3.28. The maximum Gasteiger partial charge on any atom is 0.252 e. The SMILES string of the molecule is Cc1ccc(-c2ccc(/C=N/NC(=O)C3c4ccccc4Oc4ccccc43)o2)cc1Cl. The van der Waals surface area contributed by atoms with E-state index in [4.69, 9.17) is 20.8 Å². The van der Waals surface area contributed by atoms with E-state index in [9.17, 15) is 4.79 Å². The molecule has 1 N–H and O–H groups in total. The van der Waals surface area contributed by atoms with Crippen LogP contribution in [0.2, 0.25) is 5.02 Å². The number of rotatable bonds is 4. The Balaban J connectivity index is 1.35. The number of benzene rings is 3. The first-order valence-corrected chi connectivity index (χ1v) is 10.5. The molecule has 1 aliphatic heterocycles. The number of aryl methyl sites for hydroxylation is 1. The van der Waals surface area contributed by atoms with Crippen molar-refractivity contribution in [1.29, 1.82) is 0 Å². The summed E-state index contributed by atoms with van der Waals surface area (Å²) in [6, 6.07) is 24.4. The zero-order valence-corrected chi connectivity index (χ0v) is 18.0. The van der Waals surface area contributed by atoms with Gasteiger partial charge in [-0.2, -0.15) is 5.10 Å². The van der Waals surface area contributed by atoms with Crippen LogP contribution in [0.5, 0.6) is 11.5 Å². The van der Waals surface area contributed by atoms with Gasteiger partial charge in [0.1, 0.15) is 23.0 Å². The van der Waals surface area contributed by atoms with Crippen LogP contribution in [0.1, 0.15) is 28.4 Å². The molecule has 6 heteroatoms. The van der Waals surface area contributed by atoms with Crippen LogP contribution in [0.3, 0.4) is 0 Å². The Morgan fingerprint density at radius 2 is 1.66 bits per heavy atom. The number of hydrogen-bond acceptors (Lipinski definition) is 4. The molecule has 1 aliphatic rings. The summed E-state index contributed by atoms with van der Waals surface area (Å²) in [4.78, 5) is 13.1. The van der Waals surface area contributed by atoms with Crippen LogP contribution in [0, 0.1) is 6.92 Å². The lowest BCUT2D eigenvalue weighted by Gasteiger charge is -2.26. The maximum atomic E-state index is 13.1. The molecule has 32 heavy (non-hydrogen) atoms. The van der Waals surface area contributed by atoms with Crippen LogP contribution < -0.4 is 10.2 Å². The number of furan rings is 1. The third-order valence-electron chi connectivity index (χ3n) is 5.39. The minimum absolute atomic E-state index is 0.249. The largest absolute Gasteiger partial charge is 0.457 e. The van der Waals surface area contributed by atoms with Gasteiger partial charge in [0.05, 0.1) is 12.1 Å². The zero-order chi connectivity index (χ0) is 22.1. The van der Waals surface area contributed by atoms with E-state index in [-0.39, 0.29) is 5.91 Å². The number of ether oxygens (including phenoxy) is 1. The van der Waals surface area contributed by atoms with Crippen molar-refractivity contribution in [3.05, 3.63) is 106 Å². The van der Waals surface area contributed by atoms with Crippen molar-refractivity contribution in [3.63, 3.8) is 0 Å². The molecule has 1 aromatic heterocycles. The van der Waals surface area contributed by atoms with Gasteiger partial charge < -0.3 is 9.15 Å². The molecular weight excluding hydrogens is 424 g/mol. The van der Waals surface area contributed by atoms with E-state index in [2.05, 4.69) is 10.5 Å². The third kappa shape index (κ3) is 3.79. The summed E-state index contributed by atoms with van der Waals surface area (Å²) in [5, 5.41) is 4.80. The van der Waals surface area contributed by atoms with Crippen molar-refractivity contribution >= 4 is 23.7 Å². The molecule has 0 unspecified atom stereocenters. The van der Waals surface area contributed by atoms with Gasteiger partial charge in [-0.05, 0) is 42.8 Å². The van der Waals surface area contributed by atoms with Crippen molar-refractivity contribution < 1.29 is 13.9 Å². The number of amides is 1. The summed E-state index contributed by atoms with van der Waals surface area (Å²) in [6.45, 7) is 1.95. The summed E-state index contributed by atoms with van der Waals surface area (Å²) >= 11 is 6.21. The monoisotopic (exact) mass is 442 g/mol. The Bertz CT molecular complexity index is 1300. The van der Waals surface area contributed by atoms with Crippen LogP contribution in [0.25, 0.3) is 11.3 Å². The zero-order valence-electron chi connectivity index (χ0n) is 17.2. The maximum absolute atomic E-state index is 13.1. The highest BCUT2D eigenvalue weighted by molar-refractivity contribution is 6.31. The molecule has 2 heterocycles. The lowest BCUT2D eigenvalue weighted by Crippen LogP contribution is -2.28. The fourth-order valence-electron chi connectivity index (χ4n) is 3.74. The Morgan fingerprint density at radius 1 is 0.969 bits per heavy atom. The van der Waals surface area contributed by atoms with E-state index in [0.29, 0.717) is 28.0 Å². The van der Waals surface area contributed by atoms with E-state index in [1.807, 2.05) is 79.7 Å². The molecule has 4 aromatic rings. The molecule has 0 bridgehead atoms. The Kier molecular flexibility index (Phi) is 5.25. The van der Waals surface area contributed by atoms with E-state index in [1.54, 1.807) is 6.07 Å². The second kappa shape index (κ2) is 8.36. The number of nitrogens with one attached hydrogen (secondary N) is 1. The summed E-state index contributed by atoms with van der Waals surface area (Å²) < 4.78 is 11.8. The number of para-hydroxylation sites is 2. The van der Waals surface area contributed by atoms with Gasteiger partial charge in [0.25, 0.3) is 5.91 Å². The quantitative estimate of drug-likeness (QED) is 0.298. The summed E-state index contributed by atoms with van der Waals surface area (Å²) in [6.07, 6.45) is 1.48. The normalized spacial score (nSPS) is 12.8. The van der Waals surface area contributed by atoms with Crippen molar-refractivity contribution in [3.8, 4) is 22.8 Å². The second-order valence-corrected chi connectivity index (χ2v) is 7.92. The Hall–Kier alpha value is -3.83. The molecule has 5 nitrogen and oxygen atoms in total. The number of hydrogen-bond donors (Lipinski definition) is 1. The minimum atomic E-state index is -0.518. The molecule has 1 amide bonds. The van der Waals surface area contributed by atoms with Gasteiger partial charge in [0.2, 0.25) is 0 Å². The summed E-state index contributed by atoms with van der Waals surface area (Å²) in [5.74, 6) is 1.76. The number of carbonyl (C=O) groups excluding carboxylic acids is 1. The molecule has 158 valence electrons. The Morgan fingerprint density at radius 3 is 2.34 bits per heavy atom. The van der Waals surface area contributed by atoms with E-state index < -0.39 is 5.92 Å². The number of carbonyl (C=O) groups is 1. The van der Waals surface area contributed by atoms with Crippen LogP contribution in [-0.4, -0.2) is 12.1 Å². The van der Waals surface area contributed by atoms with E-state index in [1.165, 1.54) is 6.21 Å². The number of fused-ring (bicyclic) bond motifs is 2. The number of nitrogens with zero attached hydrogens (tertiary/aromatic N) is 1. The van der Waals surface area contributed by atoms with Crippen molar-refractivity contribution in [2.45, 2.75) is 12.8 Å². The second-order valence-electron chi connectivity index (χ2n) is 7.51. The van der Waals surface area contributed by atoms with Crippen LogP contribution in [0.4, 0.5) is 0 Å². The predicted molar refractivity (Wildman–Crippen MR) is 124 cm³/mol. The molecule has 0 radical (unpaired) electrons. The van der Waals surface area contributed by atoms with Gasteiger partial charge in [0.15, 0.2) is 0 Å². The summed E-state index contributed by atoms with van der Waals surface area (Å²) in [5.41, 5.74) is 6.12. The van der Waals surface area contributed by atoms with Crippen LogP contribution in [0.15, 0.2) is 88.4 Å². The molecule has 3 aromatic carbocycles. The first kappa shape index (κ1) is 20.1. The topological polar surface area (TPSA) is 63.8 Å². The molecule has 0 aliphatic carbocycles. The van der Waals surface area contributed by atoms with Gasteiger partial charge in [-0.15, -0.1) is 0 Å². The van der Waals surface area contributed by atoms with E-state index in [0.717, 1.165) is 22.3 Å². The first-order valence-electron chi connectivity index (χ1n) is 10.1. The molecule has 0 fully saturated rings. The van der Waals surface area contributed by atoms with Gasteiger partial charge >= 0.3 is 0 Å². The van der Waals surface area contributed by atoms with Crippen molar-refractivity contribution in [2.24, 2.45) is 5.10 Å². The van der Waals surface area contributed by atoms with Gasteiger partial charge in [-0.25, -0.2) is 5.43 Å². The highest BCUT2D eigenvalue weighted by Crippen LogP contribution is 2.43. The van der Waals surface area contributed by atoms with Gasteiger partial charge in [0, 0.05) is 21.7 Å².